The van der Waals surface area contributed by atoms with Crippen LogP contribution in [0.1, 0.15) is 79.6 Å². The van der Waals surface area contributed by atoms with Gasteiger partial charge in [-0.3, -0.25) is 0 Å². The number of ether oxygens (including phenoxy) is 2. The summed E-state index contributed by atoms with van der Waals surface area (Å²) in [7, 11) is 1.63. The number of hydrogen-bond acceptors (Lipinski definition) is 3. The molecule has 0 radical (unpaired) electrons. The molecule has 0 rings (SSSR count). The van der Waals surface area contributed by atoms with Crippen LogP contribution in [0.4, 0.5) is 0 Å². The quantitative estimate of drug-likeness (QED) is 0.108. The summed E-state index contributed by atoms with van der Waals surface area (Å²) in [6, 6.07) is 0. The zero-order chi connectivity index (χ0) is 20.7. The van der Waals surface area contributed by atoms with E-state index < -0.39 is 18.4 Å². The molecule has 0 bridgehead atoms. The number of rotatable bonds is 17. The summed E-state index contributed by atoms with van der Waals surface area (Å²) in [5.74, 6) is 0. The molecule has 1 unspecified atom stereocenters. The number of aliphatic hydroxyl groups is 1. The molecule has 0 aromatic carbocycles. The molecule has 160 valence electrons. The van der Waals surface area contributed by atoms with Gasteiger partial charge < -0.3 is 0 Å². The molecular weight excluding hydrogens is 443 g/mol. The average Bonchev–Trinajstić information content (AvgIpc) is 2.67. The second-order valence-corrected chi connectivity index (χ2v) is 21.6. The van der Waals surface area contributed by atoms with Crippen molar-refractivity contribution in [1.82, 2.24) is 0 Å². The van der Waals surface area contributed by atoms with Crippen molar-refractivity contribution in [2.24, 2.45) is 0 Å². The van der Waals surface area contributed by atoms with E-state index in [-0.39, 0.29) is 6.10 Å². The van der Waals surface area contributed by atoms with Gasteiger partial charge >= 0.3 is 174 Å². The number of methoxy groups -OCH3 is 1. The van der Waals surface area contributed by atoms with Gasteiger partial charge in [-0.1, -0.05) is 0 Å². The number of unbranched alkanes of at least 4 members (excludes halogenated alkanes) is 3. The van der Waals surface area contributed by atoms with Gasteiger partial charge in [0.25, 0.3) is 0 Å². The van der Waals surface area contributed by atoms with Crippen LogP contribution in [0.15, 0.2) is 21.3 Å². The molecule has 0 spiro atoms. The van der Waals surface area contributed by atoms with E-state index in [9.17, 15) is 5.11 Å². The molecule has 0 aliphatic carbocycles. The van der Waals surface area contributed by atoms with E-state index in [0.29, 0.717) is 19.8 Å². The number of aliphatic hydroxyl groups excluding tert-OH is 1. The summed E-state index contributed by atoms with van der Waals surface area (Å²) in [5, 5.41) is 11.1. The molecule has 0 aliphatic rings. The molecule has 4 heteroatoms. The Bertz CT molecular complexity index is 410. The van der Waals surface area contributed by atoms with Crippen LogP contribution in [0.3, 0.4) is 0 Å². The molecule has 0 saturated carbocycles. The second-order valence-electron chi connectivity index (χ2n) is 8.15. The van der Waals surface area contributed by atoms with E-state index in [1.165, 1.54) is 66.6 Å². The Morgan fingerprint density at radius 2 is 1.41 bits per heavy atom. The molecule has 0 saturated heterocycles. The summed E-state index contributed by atoms with van der Waals surface area (Å²) >= 11 is -2.58. The molecular formula is C23H46O3Sn. The van der Waals surface area contributed by atoms with Crippen LogP contribution in [0.2, 0.25) is 13.3 Å². The van der Waals surface area contributed by atoms with Crippen molar-refractivity contribution in [2.75, 3.05) is 20.5 Å². The Labute approximate surface area is 173 Å². The summed E-state index contributed by atoms with van der Waals surface area (Å²) in [4.78, 5) is 0. The van der Waals surface area contributed by atoms with Crippen molar-refractivity contribution >= 4 is 18.4 Å². The number of hydrogen-bond donors (Lipinski definition) is 1. The third kappa shape index (κ3) is 10.5. The van der Waals surface area contributed by atoms with Crippen molar-refractivity contribution in [2.45, 2.75) is 99.0 Å². The molecule has 0 fully saturated rings. The topological polar surface area (TPSA) is 38.7 Å². The fourth-order valence-electron chi connectivity index (χ4n) is 3.74. The van der Waals surface area contributed by atoms with E-state index in [1.807, 2.05) is 0 Å². The minimum atomic E-state index is -2.58. The molecule has 0 heterocycles. The van der Waals surface area contributed by atoms with Gasteiger partial charge in [-0.2, -0.15) is 0 Å². The SMILES string of the molecule is C=[C](C(O)C/C(C)=C(\C)COCOC)[Sn]([CH2]CCC)([CH2]CCC)[CH2]CCC. The van der Waals surface area contributed by atoms with E-state index in [4.69, 9.17) is 9.47 Å². The predicted octanol–water partition coefficient (Wildman–Crippen LogP) is 6.64. The first kappa shape index (κ1) is 27.2. The summed E-state index contributed by atoms with van der Waals surface area (Å²) in [6.07, 6.45) is 7.95. The standard InChI is InChI=1S/C11H19O3.3C4H9.Sn/c1-5-11(12)6-9(2)10(3)7-14-8-13-4;3*1-3-4-2;/h11-12H,1,6-8H2,2-4H3;3*1,3-4H2,2H3;/b10-9+;;;;. The van der Waals surface area contributed by atoms with Crippen LogP contribution in [-0.2, 0) is 9.47 Å². The Hall–Kier alpha value is 0.159. The minimum absolute atomic E-state index is 0.310. The van der Waals surface area contributed by atoms with Crippen LogP contribution in [0.25, 0.3) is 0 Å². The van der Waals surface area contributed by atoms with Crippen LogP contribution >= 0.6 is 0 Å². The van der Waals surface area contributed by atoms with Gasteiger partial charge in [-0.25, -0.2) is 0 Å². The van der Waals surface area contributed by atoms with Gasteiger partial charge in [0.05, 0.1) is 0 Å². The van der Waals surface area contributed by atoms with Crippen LogP contribution in [-0.4, -0.2) is 50.1 Å². The molecule has 1 atom stereocenters. The first-order valence-corrected chi connectivity index (χ1v) is 18.5. The van der Waals surface area contributed by atoms with Crippen molar-refractivity contribution in [1.29, 1.82) is 0 Å². The molecule has 27 heavy (non-hydrogen) atoms. The fourth-order valence-corrected chi connectivity index (χ4v) is 19.8. The van der Waals surface area contributed by atoms with Crippen molar-refractivity contribution in [3.05, 3.63) is 21.3 Å². The molecule has 0 aromatic heterocycles. The van der Waals surface area contributed by atoms with E-state index >= 15 is 0 Å². The van der Waals surface area contributed by atoms with Gasteiger partial charge in [0.15, 0.2) is 0 Å². The van der Waals surface area contributed by atoms with Crippen LogP contribution in [0, 0.1) is 0 Å². The monoisotopic (exact) mass is 490 g/mol. The average molecular weight is 489 g/mol. The summed E-state index contributed by atoms with van der Waals surface area (Å²) in [5.41, 5.74) is 2.41. The first-order chi connectivity index (χ1) is 12.9. The maximum absolute atomic E-state index is 11.1. The van der Waals surface area contributed by atoms with Crippen LogP contribution in [0.5, 0.6) is 0 Å². The second kappa shape index (κ2) is 16.0. The van der Waals surface area contributed by atoms with Crippen molar-refractivity contribution in [3.8, 4) is 0 Å². The first-order valence-electron chi connectivity index (χ1n) is 11.0. The predicted molar refractivity (Wildman–Crippen MR) is 121 cm³/mol. The summed E-state index contributed by atoms with van der Waals surface area (Å²) < 4.78 is 15.8. The van der Waals surface area contributed by atoms with Crippen molar-refractivity contribution in [3.63, 3.8) is 0 Å². The zero-order valence-electron chi connectivity index (χ0n) is 19.0. The van der Waals surface area contributed by atoms with Gasteiger partial charge in [0, 0.05) is 0 Å². The van der Waals surface area contributed by atoms with Gasteiger partial charge in [-0.15, -0.1) is 0 Å². The van der Waals surface area contributed by atoms with Crippen molar-refractivity contribution < 1.29 is 14.6 Å². The van der Waals surface area contributed by atoms with Gasteiger partial charge in [0.1, 0.15) is 0 Å². The molecule has 1 N–H and O–H groups in total. The summed E-state index contributed by atoms with van der Waals surface area (Å²) in [6.45, 7) is 16.5. The molecule has 0 aromatic rings. The Morgan fingerprint density at radius 3 is 1.81 bits per heavy atom. The fraction of sp³-hybridized carbons (Fsp3) is 0.826. The third-order valence-electron chi connectivity index (χ3n) is 5.86. The Balaban J connectivity index is 5.26. The van der Waals surface area contributed by atoms with Crippen LogP contribution < -0.4 is 0 Å². The normalized spacial score (nSPS) is 14.2. The third-order valence-corrected chi connectivity index (χ3v) is 21.9. The van der Waals surface area contributed by atoms with E-state index in [0.717, 1.165) is 0 Å². The maximum atomic E-state index is 11.1. The molecule has 0 amide bonds. The Morgan fingerprint density at radius 1 is 0.926 bits per heavy atom. The Kier molecular flexibility index (Phi) is 16.1. The molecule has 0 aliphatic heterocycles. The van der Waals surface area contributed by atoms with Gasteiger partial charge in [-0.05, 0) is 0 Å². The van der Waals surface area contributed by atoms with Gasteiger partial charge in [0.2, 0.25) is 0 Å². The molecule has 3 nitrogen and oxygen atoms in total. The van der Waals surface area contributed by atoms with E-state index in [1.54, 1.807) is 7.11 Å². The zero-order valence-corrected chi connectivity index (χ0v) is 21.9. The van der Waals surface area contributed by atoms with E-state index in [2.05, 4.69) is 41.2 Å².